The molecule has 1 aromatic heterocycles. The van der Waals surface area contributed by atoms with Crippen molar-refractivity contribution in [3.05, 3.63) is 24.4 Å². The van der Waals surface area contributed by atoms with Crippen molar-refractivity contribution in [3.63, 3.8) is 0 Å². The number of carbonyl (C=O) groups is 2. The van der Waals surface area contributed by atoms with Crippen LogP contribution in [0.25, 0.3) is 0 Å². The lowest BCUT2D eigenvalue weighted by atomic mass is 9.89. The van der Waals surface area contributed by atoms with Gasteiger partial charge in [0, 0.05) is 50.0 Å². The van der Waals surface area contributed by atoms with E-state index < -0.39 is 0 Å². The lowest BCUT2D eigenvalue weighted by molar-refractivity contribution is -0.128. The third kappa shape index (κ3) is 6.46. The van der Waals surface area contributed by atoms with Crippen molar-refractivity contribution in [3.8, 4) is 11.5 Å². The fourth-order valence-corrected chi connectivity index (χ4v) is 8.17. The minimum Gasteiger partial charge on any atom is -0.454 e. The normalized spacial score (nSPS) is 20.0. The van der Waals surface area contributed by atoms with Gasteiger partial charge in [-0.2, -0.15) is 0 Å². The van der Waals surface area contributed by atoms with Gasteiger partial charge in [-0.05, 0) is 37.8 Å². The molecular weight excluding hydrogens is 546 g/mol. The van der Waals surface area contributed by atoms with Gasteiger partial charge in [-0.3, -0.25) is 10.1 Å². The molecule has 1 saturated heterocycles. The van der Waals surface area contributed by atoms with Crippen molar-refractivity contribution < 1.29 is 19.1 Å². The first-order valence-electron chi connectivity index (χ1n) is 14.7. The molecule has 9 nitrogen and oxygen atoms in total. The van der Waals surface area contributed by atoms with Crippen LogP contribution in [0.4, 0.5) is 15.6 Å². The van der Waals surface area contributed by atoms with E-state index in [1.54, 1.807) is 6.20 Å². The summed E-state index contributed by atoms with van der Waals surface area (Å²) in [6, 6.07) is 6.69. The number of amides is 3. The van der Waals surface area contributed by atoms with Crippen LogP contribution in [0.5, 0.6) is 11.5 Å². The average molecular weight is 586 g/mol. The number of aromatic nitrogens is 1. The molecule has 0 unspecified atom stereocenters. The lowest BCUT2D eigenvalue weighted by Crippen LogP contribution is -2.50. The Bertz CT molecular complexity index is 1150. The van der Waals surface area contributed by atoms with Gasteiger partial charge in [-0.15, -0.1) is 11.8 Å². The Balaban J connectivity index is 0.982. The number of benzene rings is 1. The Morgan fingerprint density at radius 2 is 1.62 bits per heavy atom. The van der Waals surface area contributed by atoms with E-state index >= 15 is 0 Å². The first kappa shape index (κ1) is 27.5. The molecule has 0 radical (unpaired) electrons. The molecule has 2 aliphatic heterocycles. The standard InChI is InChI=1S/C29H39N5O4S2/c35-26(33-15-13-32(14-16-33)23-11-12-24-25(17-23)38-20-37-24)19-39-27-18-30-28(40-27)31-29(36)34(21-7-3-1-4-8-21)22-9-5-2-6-10-22/h11-12,17-18,21-22H,1-10,13-16,19-20H2,(H,30,31,36). The van der Waals surface area contributed by atoms with Gasteiger partial charge in [-0.1, -0.05) is 49.9 Å². The highest BCUT2D eigenvalue weighted by Crippen LogP contribution is 2.36. The highest BCUT2D eigenvalue weighted by molar-refractivity contribution is 8.01. The molecule has 6 rings (SSSR count). The molecule has 2 saturated carbocycles. The minimum absolute atomic E-state index is 0.00102. The van der Waals surface area contributed by atoms with Crippen molar-refractivity contribution in [2.75, 3.05) is 48.9 Å². The van der Waals surface area contributed by atoms with Crippen LogP contribution in [0.1, 0.15) is 64.2 Å². The zero-order valence-electron chi connectivity index (χ0n) is 23.0. The van der Waals surface area contributed by atoms with Crippen molar-refractivity contribution in [2.45, 2.75) is 80.5 Å². The van der Waals surface area contributed by atoms with Crippen LogP contribution in [0.2, 0.25) is 0 Å². The van der Waals surface area contributed by atoms with Crippen LogP contribution in [-0.2, 0) is 4.79 Å². The van der Waals surface area contributed by atoms with Crippen LogP contribution in [0, 0.1) is 0 Å². The zero-order chi connectivity index (χ0) is 27.3. The van der Waals surface area contributed by atoms with E-state index in [0.717, 1.165) is 60.2 Å². The van der Waals surface area contributed by atoms with Crippen molar-refractivity contribution in [1.82, 2.24) is 14.8 Å². The summed E-state index contributed by atoms with van der Waals surface area (Å²) in [5.74, 6) is 2.07. The van der Waals surface area contributed by atoms with E-state index in [1.165, 1.54) is 61.6 Å². The maximum Gasteiger partial charge on any atom is 0.324 e. The number of fused-ring (bicyclic) bond motifs is 1. The number of thioether (sulfide) groups is 1. The summed E-state index contributed by atoms with van der Waals surface area (Å²) in [4.78, 5) is 37.3. The summed E-state index contributed by atoms with van der Waals surface area (Å²) in [5, 5.41) is 3.73. The molecule has 0 atom stereocenters. The molecule has 2 aliphatic carbocycles. The topological polar surface area (TPSA) is 87.2 Å². The number of hydrogen-bond acceptors (Lipinski definition) is 8. The summed E-state index contributed by atoms with van der Waals surface area (Å²) in [6.07, 6.45) is 13.6. The van der Waals surface area contributed by atoms with Crippen LogP contribution >= 0.6 is 23.1 Å². The number of anilines is 2. The average Bonchev–Trinajstić information content (AvgIpc) is 3.66. The minimum atomic E-state index is 0.00102. The molecule has 216 valence electrons. The van der Waals surface area contributed by atoms with Gasteiger partial charge in [0.25, 0.3) is 0 Å². The van der Waals surface area contributed by atoms with E-state index in [0.29, 0.717) is 36.1 Å². The molecule has 40 heavy (non-hydrogen) atoms. The summed E-state index contributed by atoms with van der Waals surface area (Å²) >= 11 is 2.96. The molecule has 0 bridgehead atoms. The van der Waals surface area contributed by atoms with Gasteiger partial charge in [0.05, 0.1) is 16.2 Å². The van der Waals surface area contributed by atoms with E-state index in [4.69, 9.17) is 9.47 Å². The van der Waals surface area contributed by atoms with Gasteiger partial charge in [-0.25, -0.2) is 9.78 Å². The SMILES string of the molecule is O=C(CSc1cnc(NC(=O)N(C2CCCCC2)C2CCCCC2)s1)N1CCN(c2ccc3c(c2)OCO3)CC1. The zero-order valence-corrected chi connectivity index (χ0v) is 24.6. The van der Waals surface area contributed by atoms with Gasteiger partial charge in [0.1, 0.15) is 0 Å². The molecule has 3 amide bonds. The second kappa shape index (κ2) is 12.9. The van der Waals surface area contributed by atoms with Crippen molar-refractivity contribution in [1.29, 1.82) is 0 Å². The quantitative estimate of drug-likeness (QED) is 0.410. The van der Waals surface area contributed by atoms with Gasteiger partial charge < -0.3 is 24.2 Å². The number of hydrogen-bond donors (Lipinski definition) is 1. The number of ether oxygens (including phenoxy) is 2. The third-order valence-corrected chi connectivity index (χ3v) is 10.7. The fraction of sp³-hybridized carbons (Fsp3) is 0.621. The van der Waals surface area contributed by atoms with E-state index in [2.05, 4.69) is 20.1 Å². The Morgan fingerprint density at radius 3 is 2.33 bits per heavy atom. The number of piperazine rings is 1. The number of thiazole rings is 1. The van der Waals surface area contributed by atoms with Crippen LogP contribution < -0.4 is 19.7 Å². The Labute approximate surface area is 244 Å². The molecule has 2 aromatic rings. The molecule has 1 aromatic carbocycles. The monoisotopic (exact) mass is 585 g/mol. The maximum absolute atomic E-state index is 13.5. The third-order valence-electron chi connectivity index (χ3n) is 8.56. The van der Waals surface area contributed by atoms with Crippen LogP contribution in [-0.4, -0.2) is 77.5 Å². The number of rotatable bonds is 7. The predicted molar refractivity (Wildman–Crippen MR) is 159 cm³/mol. The molecule has 0 spiro atoms. The molecular formula is C29H39N5O4S2. The van der Waals surface area contributed by atoms with Crippen molar-refractivity contribution in [2.24, 2.45) is 0 Å². The fourth-order valence-electron chi connectivity index (χ4n) is 6.41. The largest absolute Gasteiger partial charge is 0.454 e. The molecule has 11 heteroatoms. The highest BCUT2D eigenvalue weighted by Gasteiger charge is 2.33. The second-order valence-corrected chi connectivity index (χ2v) is 13.4. The van der Waals surface area contributed by atoms with E-state index in [9.17, 15) is 9.59 Å². The Hall–Kier alpha value is -2.66. The number of nitrogens with one attached hydrogen (secondary N) is 1. The summed E-state index contributed by atoms with van der Waals surface area (Å²) < 4.78 is 11.9. The second-order valence-electron chi connectivity index (χ2n) is 11.1. The molecule has 3 heterocycles. The first-order valence-corrected chi connectivity index (χ1v) is 16.5. The van der Waals surface area contributed by atoms with E-state index in [1.807, 2.05) is 23.1 Å². The molecule has 4 aliphatic rings. The van der Waals surface area contributed by atoms with Gasteiger partial charge in [0.2, 0.25) is 12.7 Å². The number of urea groups is 1. The summed E-state index contributed by atoms with van der Waals surface area (Å²) in [5.41, 5.74) is 1.09. The first-order chi connectivity index (χ1) is 19.6. The van der Waals surface area contributed by atoms with Crippen LogP contribution in [0.15, 0.2) is 28.6 Å². The summed E-state index contributed by atoms with van der Waals surface area (Å²) in [7, 11) is 0. The van der Waals surface area contributed by atoms with Gasteiger partial charge >= 0.3 is 6.03 Å². The van der Waals surface area contributed by atoms with Crippen molar-refractivity contribution >= 4 is 45.9 Å². The number of nitrogens with zero attached hydrogens (tertiary/aromatic N) is 4. The molecule has 3 fully saturated rings. The van der Waals surface area contributed by atoms with Crippen LogP contribution in [0.3, 0.4) is 0 Å². The lowest BCUT2D eigenvalue weighted by Gasteiger charge is -2.41. The Morgan fingerprint density at radius 1 is 0.950 bits per heavy atom. The number of carbonyl (C=O) groups excluding carboxylic acids is 2. The predicted octanol–water partition coefficient (Wildman–Crippen LogP) is 5.81. The highest BCUT2D eigenvalue weighted by atomic mass is 32.2. The van der Waals surface area contributed by atoms with Gasteiger partial charge in [0.15, 0.2) is 16.6 Å². The summed E-state index contributed by atoms with van der Waals surface area (Å²) in [6.45, 7) is 3.22. The smallest absolute Gasteiger partial charge is 0.324 e. The van der Waals surface area contributed by atoms with E-state index in [-0.39, 0.29) is 18.7 Å². The molecule has 1 N–H and O–H groups in total. The Kier molecular flexibility index (Phi) is 8.86. The maximum atomic E-state index is 13.5.